The fourth-order valence-corrected chi connectivity index (χ4v) is 2.08. The van der Waals surface area contributed by atoms with Crippen molar-refractivity contribution in [2.24, 2.45) is 0 Å². The number of rotatable bonds is 6. The molecule has 6 nitrogen and oxygen atoms in total. The SMILES string of the molecule is CCCCN(c1ccccc1)c1nc(N)ccc1[N+](=O)[O-]. The molecule has 2 aromatic rings. The van der Waals surface area contributed by atoms with E-state index in [1.54, 1.807) is 0 Å². The number of nitrogens with two attached hydrogens (primary N) is 1. The zero-order chi connectivity index (χ0) is 15.2. The van der Waals surface area contributed by atoms with Crippen LogP contribution < -0.4 is 10.6 Å². The number of para-hydroxylation sites is 1. The quantitative estimate of drug-likeness (QED) is 0.648. The van der Waals surface area contributed by atoms with Gasteiger partial charge in [0.25, 0.3) is 0 Å². The number of hydrogen-bond donors (Lipinski definition) is 1. The number of nitrogens with zero attached hydrogens (tertiary/aromatic N) is 3. The van der Waals surface area contributed by atoms with Gasteiger partial charge in [-0.15, -0.1) is 0 Å². The summed E-state index contributed by atoms with van der Waals surface area (Å²) in [4.78, 5) is 16.8. The van der Waals surface area contributed by atoms with E-state index in [0.717, 1.165) is 18.5 Å². The van der Waals surface area contributed by atoms with Crippen molar-refractivity contribution in [2.45, 2.75) is 19.8 Å². The Morgan fingerprint density at radius 1 is 1.24 bits per heavy atom. The van der Waals surface area contributed by atoms with E-state index in [9.17, 15) is 10.1 Å². The maximum Gasteiger partial charge on any atom is 0.312 e. The largest absolute Gasteiger partial charge is 0.384 e. The highest BCUT2D eigenvalue weighted by Gasteiger charge is 2.22. The van der Waals surface area contributed by atoms with Gasteiger partial charge in [0, 0.05) is 18.3 Å². The fraction of sp³-hybridized carbons (Fsp3) is 0.267. The van der Waals surface area contributed by atoms with E-state index in [2.05, 4.69) is 11.9 Å². The summed E-state index contributed by atoms with van der Waals surface area (Å²) in [6.45, 7) is 2.72. The van der Waals surface area contributed by atoms with Gasteiger partial charge in [0.15, 0.2) is 0 Å². The molecule has 0 unspecified atom stereocenters. The molecule has 0 spiro atoms. The highest BCUT2D eigenvalue weighted by atomic mass is 16.6. The molecule has 0 aliphatic rings. The van der Waals surface area contributed by atoms with Gasteiger partial charge in [0.05, 0.1) is 4.92 Å². The fourth-order valence-electron chi connectivity index (χ4n) is 2.08. The average molecular weight is 286 g/mol. The molecular weight excluding hydrogens is 268 g/mol. The van der Waals surface area contributed by atoms with Crippen molar-refractivity contribution >= 4 is 23.0 Å². The standard InChI is InChI=1S/C15H18N4O2/c1-2-3-11-18(12-7-5-4-6-8-12)15-13(19(20)21)9-10-14(16)17-15/h4-10H,2-3,11H2,1H3,(H2,16,17). The van der Waals surface area contributed by atoms with E-state index in [1.165, 1.54) is 12.1 Å². The molecule has 0 saturated carbocycles. The van der Waals surface area contributed by atoms with Crippen molar-refractivity contribution in [1.82, 2.24) is 4.98 Å². The molecule has 0 aliphatic carbocycles. The molecule has 1 aromatic heterocycles. The second-order valence-corrected chi connectivity index (χ2v) is 4.68. The third kappa shape index (κ3) is 3.47. The predicted molar refractivity (Wildman–Crippen MR) is 83.7 cm³/mol. The maximum absolute atomic E-state index is 11.2. The first-order valence-electron chi connectivity index (χ1n) is 6.87. The van der Waals surface area contributed by atoms with Crippen molar-refractivity contribution in [3.63, 3.8) is 0 Å². The maximum atomic E-state index is 11.2. The summed E-state index contributed by atoms with van der Waals surface area (Å²) in [7, 11) is 0. The second-order valence-electron chi connectivity index (χ2n) is 4.68. The van der Waals surface area contributed by atoms with Gasteiger partial charge >= 0.3 is 5.69 Å². The summed E-state index contributed by atoms with van der Waals surface area (Å²) in [6, 6.07) is 12.4. The van der Waals surface area contributed by atoms with E-state index in [0.29, 0.717) is 12.4 Å². The molecule has 0 fully saturated rings. The van der Waals surface area contributed by atoms with Crippen LogP contribution in [0.2, 0.25) is 0 Å². The molecule has 0 aliphatic heterocycles. The van der Waals surface area contributed by atoms with Crippen molar-refractivity contribution < 1.29 is 4.92 Å². The lowest BCUT2D eigenvalue weighted by atomic mass is 10.2. The van der Waals surface area contributed by atoms with Crippen molar-refractivity contribution in [3.8, 4) is 0 Å². The molecule has 1 aromatic carbocycles. The van der Waals surface area contributed by atoms with E-state index in [4.69, 9.17) is 5.73 Å². The number of nitro groups is 1. The molecule has 0 bridgehead atoms. The number of aromatic nitrogens is 1. The summed E-state index contributed by atoms with van der Waals surface area (Å²) < 4.78 is 0. The summed E-state index contributed by atoms with van der Waals surface area (Å²) in [5, 5.41) is 11.2. The molecule has 110 valence electrons. The number of pyridine rings is 1. The number of unbranched alkanes of at least 4 members (excludes halogenated alkanes) is 1. The van der Waals surface area contributed by atoms with Gasteiger partial charge in [-0.1, -0.05) is 31.5 Å². The molecule has 21 heavy (non-hydrogen) atoms. The average Bonchev–Trinajstić information content (AvgIpc) is 2.48. The highest BCUT2D eigenvalue weighted by molar-refractivity contribution is 5.69. The van der Waals surface area contributed by atoms with Crippen LogP contribution in [0, 0.1) is 10.1 Å². The Morgan fingerprint density at radius 3 is 2.57 bits per heavy atom. The lowest BCUT2D eigenvalue weighted by Crippen LogP contribution is -2.21. The van der Waals surface area contributed by atoms with Crippen LogP contribution in [-0.2, 0) is 0 Å². The number of hydrogen-bond acceptors (Lipinski definition) is 5. The van der Waals surface area contributed by atoms with Crippen LogP contribution in [-0.4, -0.2) is 16.5 Å². The van der Waals surface area contributed by atoms with Crippen molar-refractivity contribution in [1.29, 1.82) is 0 Å². The zero-order valence-electron chi connectivity index (χ0n) is 11.9. The van der Waals surface area contributed by atoms with E-state index in [-0.39, 0.29) is 11.5 Å². The molecule has 6 heteroatoms. The van der Waals surface area contributed by atoms with Crippen molar-refractivity contribution in [3.05, 3.63) is 52.6 Å². The van der Waals surface area contributed by atoms with Gasteiger partial charge in [0.2, 0.25) is 5.82 Å². The lowest BCUT2D eigenvalue weighted by Gasteiger charge is -2.23. The first-order valence-corrected chi connectivity index (χ1v) is 6.87. The molecular formula is C15H18N4O2. The molecule has 1 heterocycles. The molecule has 0 amide bonds. The number of benzene rings is 1. The van der Waals surface area contributed by atoms with Crippen molar-refractivity contribution in [2.75, 3.05) is 17.2 Å². The first kappa shape index (κ1) is 14.8. The van der Waals surface area contributed by atoms with Crippen LogP contribution >= 0.6 is 0 Å². The summed E-state index contributed by atoms with van der Waals surface area (Å²) in [5.41, 5.74) is 6.54. The molecule has 0 saturated heterocycles. The van der Waals surface area contributed by atoms with Gasteiger partial charge in [-0.3, -0.25) is 10.1 Å². The van der Waals surface area contributed by atoms with Crippen LogP contribution in [0.1, 0.15) is 19.8 Å². The topological polar surface area (TPSA) is 85.3 Å². The summed E-state index contributed by atoms with van der Waals surface area (Å²) in [6.07, 6.45) is 1.89. The first-order chi connectivity index (χ1) is 10.1. The second kappa shape index (κ2) is 6.69. The Balaban J connectivity index is 2.50. The summed E-state index contributed by atoms with van der Waals surface area (Å²) in [5.74, 6) is 0.563. The van der Waals surface area contributed by atoms with Gasteiger partial charge in [-0.25, -0.2) is 4.98 Å². The summed E-state index contributed by atoms with van der Waals surface area (Å²) >= 11 is 0. The molecule has 0 radical (unpaired) electrons. The van der Waals surface area contributed by atoms with Crippen LogP contribution in [0.5, 0.6) is 0 Å². The lowest BCUT2D eigenvalue weighted by molar-refractivity contribution is -0.384. The molecule has 0 atom stereocenters. The van der Waals surface area contributed by atoms with E-state index >= 15 is 0 Å². The normalized spacial score (nSPS) is 10.3. The molecule has 2 N–H and O–H groups in total. The Labute approximate surface area is 123 Å². The Hall–Kier alpha value is -2.63. The minimum absolute atomic E-state index is 0.0378. The Kier molecular flexibility index (Phi) is 4.71. The zero-order valence-corrected chi connectivity index (χ0v) is 11.9. The van der Waals surface area contributed by atoms with Gasteiger partial charge in [-0.05, 0) is 24.6 Å². The monoisotopic (exact) mass is 286 g/mol. The smallest absolute Gasteiger partial charge is 0.312 e. The molecule has 2 rings (SSSR count). The van der Waals surface area contributed by atoms with Gasteiger partial charge < -0.3 is 10.6 Å². The predicted octanol–water partition coefficient (Wildman–Crippen LogP) is 3.51. The van der Waals surface area contributed by atoms with E-state index in [1.807, 2.05) is 35.2 Å². The number of nitrogen functional groups attached to an aromatic ring is 1. The van der Waals surface area contributed by atoms with E-state index < -0.39 is 4.92 Å². The Morgan fingerprint density at radius 2 is 1.95 bits per heavy atom. The highest BCUT2D eigenvalue weighted by Crippen LogP contribution is 2.32. The number of anilines is 3. The van der Waals surface area contributed by atoms with Gasteiger partial charge in [0.1, 0.15) is 5.82 Å². The van der Waals surface area contributed by atoms with Gasteiger partial charge in [-0.2, -0.15) is 0 Å². The minimum atomic E-state index is -0.427. The Bertz CT molecular complexity index is 616. The van der Waals surface area contributed by atoms with Crippen LogP contribution in [0.15, 0.2) is 42.5 Å². The third-order valence-electron chi connectivity index (χ3n) is 3.13. The van der Waals surface area contributed by atoms with Crippen LogP contribution in [0.4, 0.5) is 23.0 Å². The van der Waals surface area contributed by atoms with Crippen LogP contribution in [0.3, 0.4) is 0 Å². The third-order valence-corrected chi connectivity index (χ3v) is 3.13. The minimum Gasteiger partial charge on any atom is -0.384 e. The van der Waals surface area contributed by atoms with Crippen LogP contribution in [0.25, 0.3) is 0 Å².